The summed E-state index contributed by atoms with van der Waals surface area (Å²) in [5, 5.41) is 0. The topological polar surface area (TPSA) is 94.2 Å². The van der Waals surface area contributed by atoms with Crippen LogP contribution in [0.25, 0.3) is 0 Å². The Morgan fingerprint density at radius 1 is 1.29 bits per heavy atom. The van der Waals surface area contributed by atoms with Gasteiger partial charge in [-0.2, -0.15) is 0 Å². The highest BCUT2D eigenvalue weighted by Gasteiger charge is 2.24. The summed E-state index contributed by atoms with van der Waals surface area (Å²) in [6.45, 7) is 2.26. The van der Waals surface area contributed by atoms with Crippen LogP contribution in [0.15, 0.2) is 23.1 Å². The Hall–Kier alpha value is -1.68. The maximum Gasteiger partial charge on any atom is 0.257 e. The smallest absolute Gasteiger partial charge is 0.257 e. The first-order chi connectivity index (χ1) is 11.5. The molecule has 1 aromatic rings. The maximum atomic E-state index is 12.7. The van der Waals surface area contributed by atoms with Crippen LogP contribution in [0, 0.1) is 0 Å². The number of carbonyl (C=O) groups excluding carboxylic acids is 1. The average molecular weight is 358 g/mol. The van der Waals surface area contributed by atoms with Crippen LogP contribution in [0.5, 0.6) is 5.75 Å². The van der Waals surface area contributed by atoms with E-state index >= 15 is 0 Å². The van der Waals surface area contributed by atoms with E-state index in [1.54, 1.807) is 4.90 Å². The van der Waals surface area contributed by atoms with E-state index in [0.29, 0.717) is 32.1 Å². The quantitative estimate of drug-likeness (QED) is 0.695. The van der Waals surface area contributed by atoms with Crippen LogP contribution in [0.4, 0.5) is 0 Å². The monoisotopic (exact) mass is 358 g/mol. The van der Waals surface area contributed by atoms with E-state index in [2.05, 4.69) is 4.72 Å². The number of sulfonamides is 1. The van der Waals surface area contributed by atoms with E-state index in [1.165, 1.54) is 32.4 Å². The molecule has 1 saturated heterocycles. The number of ether oxygens (including phenoxy) is 3. The second-order valence-electron chi connectivity index (χ2n) is 5.16. The second kappa shape index (κ2) is 8.43. The third-order valence-electron chi connectivity index (χ3n) is 3.61. The van der Waals surface area contributed by atoms with Crippen LogP contribution in [-0.2, 0) is 19.5 Å². The average Bonchev–Trinajstić information content (AvgIpc) is 2.61. The van der Waals surface area contributed by atoms with Crippen molar-refractivity contribution in [3.63, 3.8) is 0 Å². The molecule has 134 valence electrons. The first kappa shape index (κ1) is 18.7. The van der Waals surface area contributed by atoms with Crippen LogP contribution >= 0.6 is 0 Å². The Morgan fingerprint density at radius 3 is 2.62 bits per heavy atom. The zero-order valence-corrected chi connectivity index (χ0v) is 14.6. The van der Waals surface area contributed by atoms with Gasteiger partial charge < -0.3 is 19.1 Å². The van der Waals surface area contributed by atoms with E-state index in [-0.39, 0.29) is 29.5 Å². The summed E-state index contributed by atoms with van der Waals surface area (Å²) in [5.41, 5.74) is 0.217. The molecular formula is C15H22N2O6S. The van der Waals surface area contributed by atoms with Crippen molar-refractivity contribution in [2.24, 2.45) is 0 Å². The Labute approximate surface area is 141 Å². The molecule has 1 N–H and O–H groups in total. The fourth-order valence-corrected chi connectivity index (χ4v) is 3.36. The summed E-state index contributed by atoms with van der Waals surface area (Å²) in [6.07, 6.45) is 0. The second-order valence-corrected chi connectivity index (χ2v) is 6.92. The molecule has 1 heterocycles. The summed E-state index contributed by atoms with van der Waals surface area (Å²) in [6, 6.07) is 4.23. The largest absolute Gasteiger partial charge is 0.496 e. The van der Waals surface area contributed by atoms with Gasteiger partial charge in [-0.3, -0.25) is 4.79 Å². The van der Waals surface area contributed by atoms with Crippen LogP contribution in [-0.4, -0.2) is 72.9 Å². The zero-order chi connectivity index (χ0) is 17.6. The summed E-state index contributed by atoms with van der Waals surface area (Å²) in [5.74, 6) is 0.0615. The molecule has 0 aromatic heterocycles. The lowest BCUT2D eigenvalue weighted by Gasteiger charge is -2.27. The van der Waals surface area contributed by atoms with Gasteiger partial charge in [0.25, 0.3) is 5.91 Å². The van der Waals surface area contributed by atoms with Crippen LogP contribution in [0.3, 0.4) is 0 Å². The molecule has 2 rings (SSSR count). The van der Waals surface area contributed by atoms with Gasteiger partial charge in [-0.25, -0.2) is 13.1 Å². The van der Waals surface area contributed by atoms with E-state index in [4.69, 9.17) is 14.2 Å². The van der Waals surface area contributed by atoms with Crippen molar-refractivity contribution in [1.29, 1.82) is 0 Å². The van der Waals surface area contributed by atoms with Gasteiger partial charge in [-0.15, -0.1) is 0 Å². The maximum absolute atomic E-state index is 12.7. The van der Waals surface area contributed by atoms with Gasteiger partial charge in [0.2, 0.25) is 10.0 Å². The molecule has 0 atom stereocenters. The van der Waals surface area contributed by atoms with Crippen LogP contribution < -0.4 is 9.46 Å². The number of rotatable bonds is 7. The van der Waals surface area contributed by atoms with Crippen molar-refractivity contribution in [3.8, 4) is 5.75 Å². The minimum Gasteiger partial charge on any atom is -0.496 e. The predicted octanol–water partition coefficient (Wildman–Crippen LogP) is 0.0923. The molecular weight excluding hydrogens is 336 g/mol. The molecule has 1 aromatic carbocycles. The highest BCUT2D eigenvalue weighted by atomic mass is 32.2. The predicted molar refractivity (Wildman–Crippen MR) is 86.8 cm³/mol. The summed E-state index contributed by atoms with van der Waals surface area (Å²) >= 11 is 0. The van der Waals surface area contributed by atoms with E-state index in [9.17, 15) is 13.2 Å². The lowest BCUT2D eigenvalue weighted by Crippen LogP contribution is -2.40. The third kappa shape index (κ3) is 4.44. The van der Waals surface area contributed by atoms with E-state index in [0.717, 1.165) is 0 Å². The molecule has 0 unspecified atom stereocenters. The molecule has 24 heavy (non-hydrogen) atoms. The normalized spacial score (nSPS) is 15.3. The number of nitrogens with one attached hydrogen (secondary N) is 1. The Kier molecular flexibility index (Phi) is 6.55. The number of methoxy groups -OCH3 is 2. The van der Waals surface area contributed by atoms with Crippen molar-refractivity contribution >= 4 is 15.9 Å². The number of benzene rings is 1. The van der Waals surface area contributed by atoms with Crippen molar-refractivity contribution in [2.45, 2.75) is 4.90 Å². The van der Waals surface area contributed by atoms with Crippen molar-refractivity contribution < 1.29 is 27.4 Å². The summed E-state index contributed by atoms with van der Waals surface area (Å²) in [7, 11) is -0.797. The lowest BCUT2D eigenvalue weighted by atomic mass is 10.1. The van der Waals surface area contributed by atoms with Gasteiger partial charge in [-0.1, -0.05) is 0 Å². The molecule has 8 nitrogen and oxygen atoms in total. The molecule has 0 spiro atoms. The van der Waals surface area contributed by atoms with Crippen LogP contribution in [0.1, 0.15) is 10.4 Å². The zero-order valence-electron chi connectivity index (χ0n) is 13.8. The molecule has 0 radical (unpaired) electrons. The Bertz CT molecular complexity index is 671. The van der Waals surface area contributed by atoms with Gasteiger partial charge in [-0.05, 0) is 18.2 Å². The Balaban J connectivity index is 2.28. The van der Waals surface area contributed by atoms with E-state index < -0.39 is 10.0 Å². The van der Waals surface area contributed by atoms with Gasteiger partial charge in [0.05, 0.1) is 37.4 Å². The number of amides is 1. The minimum absolute atomic E-state index is 0.0102. The first-order valence-corrected chi connectivity index (χ1v) is 9.01. The third-order valence-corrected chi connectivity index (χ3v) is 5.07. The fourth-order valence-electron chi connectivity index (χ4n) is 2.32. The van der Waals surface area contributed by atoms with Crippen LogP contribution in [0.2, 0.25) is 0 Å². The van der Waals surface area contributed by atoms with Crippen molar-refractivity contribution in [2.75, 3.05) is 53.7 Å². The molecule has 1 aliphatic rings. The highest BCUT2D eigenvalue weighted by molar-refractivity contribution is 7.89. The number of carbonyl (C=O) groups is 1. The molecule has 1 fully saturated rings. The van der Waals surface area contributed by atoms with Gasteiger partial charge in [0.15, 0.2) is 0 Å². The van der Waals surface area contributed by atoms with Gasteiger partial charge >= 0.3 is 0 Å². The molecule has 0 bridgehead atoms. The first-order valence-electron chi connectivity index (χ1n) is 7.53. The Morgan fingerprint density at radius 2 is 2.00 bits per heavy atom. The lowest BCUT2D eigenvalue weighted by molar-refractivity contribution is 0.0300. The number of morpholine rings is 1. The van der Waals surface area contributed by atoms with Gasteiger partial charge in [0, 0.05) is 26.7 Å². The number of nitrogens with zero attached hydrogens (tertiary/aromatic N) is 1. The standard InChI is InChI=1S/C15H22N2O6S/c1-21-8-5-16-24(19,20)12-3-4-14(22-2)13(11-12)15(18)17-6-9-23-10-7-17/h3-4,11,16H,5-10H2,1-2H3. The fraction of sp³-hybridized carbons (Fsp3) is 0.533. The van der Waals surface area contributed by atoms with E-state index in [1.807, 2.05) is 0 Å². The highest BCUT2D eigenvalue weighted by Crippen LogP contribution is 2.24. The summed E-state index contributed by atoms with van der Waals surface area (Å²) < 4.78 is 42.3. The van der Waals surface area contributed by atoms with Crippen molar-refractivity contribution in [1.82, 2.24) is 9.62 Å². The SMILES string of the molecule is COCCNS(=O)(=O)c1ccc(OC)c(C(=O)N2CCOCC2)c1. The number of hydrogen-bond acceptors (Lipinski definition) is 6. The molecule has 0 saturated carbocycles. The van der Waals surface area contributed by atoms with Gasteiger partial charge in [0.1, 0.15) is 5.75 Å². The minimum atomic E-state index is -3.73. The summed E-state index contributed by atoms with van der Waals surface area (Å²) in [4.78, 5) is 14.3. The molecule has 1 aliphatic heterocycles. The molecule has 1 amide bonds. The molecule has 9 heteroatoms. The van der Waals surface area contributed by atoms with Crippen molar-refractivity contribution in [3.05, 3.63) is 23.8 Å². The number of hydrogen-bond donors (Lipinski definition) is 1. The molecule has 0 aliphatic carbocycles.